The average molecular weight is 207 g/mol. The Hall–Kier alpha value is -0.600. The number of hydrogen-bond donors (Lipinski definition) is 2. The van der Waals surface area contributed by atoms with Crippen molar-refractivity contribution in [3.63, 3.8) is 0 Å². The maximum Gasteiger partial charge on any atom is 0.0574 e. The van der Waals surface area contributed by atoms with Gasteiger partial charge in [-0.15, -0.1) is 24.0 Å². The molecule has 1 rings (SSSR count). The molecule has 3 N–H and O–H groups in total. The van der Waals surface area contributed by atoms with Crippen molar-refractivity contribution in [2.24, 2.45) is 0 Å². The molecule has 4 heteroatoms. The van der Waals surface area contributed by atoms with Gasteiger partial charge in [-0.1, -0.05) is 12.1 Å². The Balaban J connectivity index is 0.00000121. The molecule has 0 radical (unpaired) electrons. The number of rotatable bonds is 3. The van der Waals surface area contributed by atoms with Crippen LogP contribution < -0.4 is 11.1 Å². The first kappa shape index (κ1) is 11.4. The summed E-state index contributed by atoms with van der Waals surface area (Å²) in [4.78, 5) is 0. The van der Waals surface area contributed by atoms with Gasteiger partial charge in [0.25, 0.3) is 0 Å². The van der Waals surface area contributed by atoms with Gasteiger partial charge in [0, 0.05) is 12.4 Å². The minimum Gasteiger partial charge on any atom is -0.397 e. The predicted octanol–water partition coefficient (Wildman–Crippen LogP) is 2.34. The van der Waals surface area contributed by atoms with Crippen LogP contribution >= 0.6 is 24.0 Å². The van der Waals surface area contributed by atoms with Gasteiger partial charge in [-0.25, -0.2) is 0 Å². The molecule has 0 fully saturated rings. The molecule has 1 aromatic carbocycles. The highest BCUT2D eigenvalue weighted by Gasteiger charge is 1.93. The number of hydrogen-bond acceptors (Lipinski definition) is 2. The molecule has 0 amide bonds. The molecule has 0 saturated carbocycles. The van der Waals surface area contributed by atoms with Gasteiger partial charge < -0.3 is 11.1 Å². The second-order valence-electron chi connectivity index (χ2n) is 2.20. The van der Waals surface area contributed by atoms with Crippen LogP contribution in [0.5, 0.6) is 0 Å². The fourth-order valence-electron chi connectivity index (χ4n) is 0.840. The third kappa shape index (κ3) is 3.20. The van der Waals surface area contributed by atoms with Crippen molar-refractivity contribution in [1.29, 1.82) is 0 Å². The van der Waals surface area contributed by atoms with Gasteiger partial charge in [0.05, 0.1) is 11.4 Å². The van der Waals surface area contributed by atoms with Gasteiger partial charge in [0.15, 0.2) is 0 Å². The van der Waals surface area contributed by atoms with E-state index >= 15 is 0 Å². The van der Waals surface area contributed by atoms with E-state index in [2.05, 4.69) is 5.32 Å². The zero-order chi connectivity index (χ0) is 8.10. The molecule has 0 atom stereocenters. The van der Waals surface area contributed by atoms with Crippen molar-refractivity contribution in [2.45, 2.75) is 0 Å². The van der Waals surface area contributed by atoms with E-state index in [1.54, 1.807) is 0 Å². The molecule has 0 aliphatic heterocycles. The smallest absolute Gasteiger partial charge is 0.0574 e. The zero-order valence-corrected chi connectivity index (χ0v) is 8.16. The molecular formula is C8H12Cl2N2. The van der Waals surface area contributed by atoms with Gasteiger partial charge in [0.1, 0.15) is 0 Å². The standard InChI is InChI=1S/C8H11ClN2.ClH/c9-5-6-11-8-4-2-1-3-7(8)10;/h1-4,11H,5-6,10H2;1H. The maximum absolute atomic E-state index is 5.66. The monoisotopic (exact) mass is 206 g/mol. The maximum atomic E-state index is 5.66. The Morgan fingerprint density at radius 2 is 2.00 bits per heavy atom. The summed E-state index contributed by atoms with van der Waals surface area (Å²) in [6, 6.07) is 7.63. The molecule has 0 aliphatic rings. The van der Waals surface area contributed by atoms with Crippen LogP contribution in [0, 0.1) is 0 Å². The molecule has 0 saturated heterocycles. The topological polar surface area (TPSA) is 38.0 Å². The lowest BCUT2D eigenvalue weighted by atomic mass is 10.3. The summed E-state index contributed by atoms with van der Waals surface area (Å²) in [6.45, 7) is 0.746. The molecule has 12 heavy (non-hydrogen) atoms. The quantitative estimate of drug-likeness (QED) is 0.589. The number of alkyl halides is 1. The molecule has 0 unspecified atom stereocenters. The second kappa shape index (κ2) is 5.98. The predicted molar refractivity (Wildman–Crippen MR) is 57.3 cm³/mol. The van der Waals surface area contributed by atoms with Crippen LogP contribution in [0.4, 0.5) is 11.4 Å². The lowest BCUT2D eigenvalue weighted by Crippen LogP contribution is -2.04. The fraction of sp³-hybridized carbons (Fsp3) is 0.250. The van der Waals surface area contributed by atoms with Gasteiger partial charge in [0.2, 0.25) is 0 Å². The summed E-state index contributed by atoms with van der Waals surface area (Å²) >= 11 is 5.50. The molecule has 68 valence electrons. The highest BCUT2D eigenvalue weighted by molar-refractivity contribution is 6.18. The van der Waals surface area contributed by atoms with Crippen molar-refractivity contribution in [1.82, 2.24) is 0 Å². The lowest BCUT2D eigenvalue weighted by molar-refractivity contribution is 1.22. The number of benzene rings is 1. The Labute approximate surface area is 83.5 Å². The van der Waals surface area contributed by atoms with Crippen LogP contribution in [0.2, 0.25) is 0 Å². The molecule has 2 nitrogen and oxygen atoms in total. The first-order chi connectivity index (χ1) is 5.34. The Morgan fingerprint density at radius 3 is 2.58 bits per heavy atom. The van der Waals surface area contributed by atoms with E-state index in [1.807, 2.05) is 24.3 Å². The van der Waals surface area contributed by atoms with Gasteiger partial charge in [-0.2, -0.15) is 0 Å². The van der Waals surface area contributed by atoms with Crippen LogP contribution in [0.3, 0.4) is 0 Å². The van der Waals surface area contributed by atoms with Crippen molar-refractivity contribution in [3.05, 3.63) is 24.3 Å². The molecule has 1 aromatic rings. The van der Waals surface area contributed by atoms with Crippen LogP contribution in [-0.4, -0.2) is 12.4 Å². The molecule has 0 aromatic heterocycles. The zero-order valence-electron chi connectivity index (χ0n) is 6.59. The van der Waals surface area contributed by atoms with E-state index < -0.39 is 0 Å². The number of anilines is 2. The summed E-state index contributed by atoms with van der Waals surface area (Å²) in [5.41, 5.74) is 7.37. The fourth-order valence-corrected chi connectivity index (χ4v) is 0.934. The third-order valence-electron chi connectivity index (χ3n) is 1.37. The number of para-hydroxylation sites is 2. The summed E-state index contributed by atoms with van der Waals surface area (Å²) in [6.07, 6.45) is 0. The van der Waals surface area contributed by atoms with Gasteiger partial charge >= 0.3 is 0 Å². The third-order valence-corrected chi connectivity index (χ3v) is 1.56. The SMILES string of the molecule is Cl.Nc1ccccc1NCCCl. The van der Waals surface area contributed by atoms with E-state index in [0.717, 1.165) is 17.9 Å². The van der Waals surface area contributed by atoms with Crippen molar-refractivity contribution < 1.29 is 0 Å². The van der Waals surface area contributed by atoms with Crippen LogP contribution in [0.25, 0.3) is 0 Å². The van der Waals surface area contributed by atoms with E-state index in [1.165, 1.54) is 0 Å². The average Bonchev–Trinajstić information content (AvgIpc) is 2.03. The summed E-state index contributed by atoms with van der Waals surface area (Å²) < 4.78 is 0. The molecule has 0 aliphatic carbocycles. The summed E-state index contributed by atoms with van der Waals surface area (Å²) in [7, 11) is 0. The Bertz CT molecular complexity index is 228. The summed E-state index contributed by atoms with van der Waals surface area (Å²) in [5, 5.41) is 3.11. The second-order valence-corrected chi connectivity index (χ2v) is 2.58. The van der Waals surface area contributed by atoms with Crippen molar-refractivity contribution >= 4 is 35.4 Å². The van der Waals surface area contributed by atoms with Crippen molar-refractivity contribution in [3.8, 4) is 0 Å². The van der Waals surface area contributed by atoms with E-state index in [-0.39, 0.29) is 12.4 Å². The number of nitrogens with two attached hydrogens (primary N) is 1. The number of nitrogen functional groups attached to an aromatic ring is 1. The molecule has 0 heterocycles. The number of nitrogens with one attached hydrogen (secondary N) is 1. The minimum absolute atomic E-state index is 0. The highest BCUT2D eigenvalue weighted by Crippen LogP contribution is 2.15. The normalized spacial score (nSPS) is 8.75. The molecular weight excluding hydrogens is 195 g/mol. The lowest BCUT2D eigenvalue weighted by Gasteiger charge is -2.05. The van der Waals surface area contributed by atoms with Crippen LogP contribution in [-0.2, 0) is 0 Å². The minimum atomic E-state index is 0. The number of halogens is 2. The molecule has 0 bridgehead atoms. The van der Waals surface area contributed by atoms with Crippen molar-refractivity contribution in [2.75, 3.05) is 23.5 Å². The Kier molecular flexibility index (Phi) is 5.68. The largest absolute Gasteiger partial charge is 0.397 e. The highest BCUT2D eigenvalue weighted by atomic mass is 35.5. The summed E-state index contributed by atoms with van der Waals surface area (Å²) in [5.74, 6) is 0.592. The van der Waals surface area contributed by atoms with E-state index in [9.17, 15) is 0 Å². The van der Waals surface area contributed by atoms with Crippen LogP contribution in [0.15, 0.2) is 24.3 Å². The Morgan fingerprint density at radius 1 is 1.33 bits per heavy atom. The van der Waals surface area contributed by atoms with Crippen LogP contribution in [0.1, 0.15) is 0 Å². The molecule has 0 spiro atoms. The van der Waals surface area contributed by atoms with E-state index in [0.29, 0.717) is 5.88 Å². The first-order valence-electron chi connectivity index (χ1n) is 3.49. The van der Waals surface area contributed by atoms with Gasteiger partial charge in [-0.3, -0.25) is 0 Å². The first-order valence-corrected chi connectivity index (χ1v) is 4.02. The van der Waals surface area contributed by atoms with E-state index in [4.69, 9.17) is 17.3 Å². The van der Waals surface area contributed by atoms with Gasteiger partial charge in [-0.05, 0) is 12.1 Å².